The third-order valence-corrected chi connectivity index (χ3v) is 7.09. The summed E-state index contributed by atoms with van der Waals surface area (Å²) < 4.78 is 75.5. The van der Waals surface area contributed by atoms with Crippen molar-refractivity contribution in [3.8, 4) is 17.1 Å². The number of amides is 2. The van der Waals surface area contributed by atoms with Gasteiger partial charge in [-0.2, -0.15) is 18.3 Å². The van der Waals surface area contributed by atoms with Crippen LogP contribution < -0.4 is 15.8 Å². The molecule has 208 valence electrons. The summed E-state index contributed by atoms with van der Waals surface area (Å²) in [5.74, 6) is -2.19. The van der Waals surface area contributed by atoms with E-state index in [0.717, 1.165) is 16.9 Å². The van der Waals surface area contributed by atoms with Crippen LogP contribution in [0.4, 0.5) is 27.8 Å². The molecule has 3 aromatic rings. The van der Waals surface area contributed by atoms with Crippen molar-refractivity contribution in [1.82, 2.24) is 29.8 Å². The molecule has 2 fully saturated rings. The molecule has 4 heterocycles. The van der Waals surface area contributed by atoms with Crippen molar-refractivity contribution in [3.63, 3.8) is 0 Å². The number of nitrogens with zero attached hydrogens (tertiary/aromatic N) is 5. The number of nitrogen functional groups attached to an aromatic ring is 1. The van der Waals surface area contributed by atoms with Gasteiger partial charge in [0.2, 0.25) is 11.8 Å². The summed E-state index contributed by atoms with van der Waals surface area (Å²) in [6.07, 6.45) is -6.20. The van der Waals surface area contributed by atoms with Crippen LogP contribution in [0, 0.1) is 12.8 Å². The lowest BCUT2D eigenvalue weighted by Gasteiger charge is -2.31. The van der Waals surface area contributed by atoms with E-state index in [2.05, 4.69) is 20.4 Å². The molecule has 0 spiro atoms. The smallest absolute Gasteiger partial charge is 0.418 e. The zero-order chi connectivity index (χ0) is 28.2. The molecule has 0 bridgehead atoms. The molecular formula is C24H24F5N7O3. The average molecular weight is 553 g/mol. The number of halogens is 5. The first-order chi connectivity index (χ1) is 18.4. The van der Waals surface area contributed by atoms with E-state index in [1.54, 1.807) is 0 Å². The van der Waals surface area contributed by atoms with Crippen LogP contribution >= 0.6 is 0 Å². The molecule has 3 N–H and O–H groups in total. The van der Waals surface area contributed by atoms with E-state index in [1.807, 2.05) is 0 Å². The maximum atomic E-state index is 14.8. The van der Waals surface area contributed by atoms with Crippen LogP contribution in [0.15, 0.2) is 18.5 Å². The first kappa shape index (κ1) is 26.6. The Morgan fingerprint density at radius 2 is 1.90 bits per heavy atom. The molecule has 1 saturated carbocycles. The summed E-state index contributed by atoms with van der Waals surface area (Å²) in [7, 11) is 1.26. The van der Waals surface area contributed by atoms with Gasteiger partial charge in [-0.15, -0.1) is 0 Å². The standard InChI is InChI=1S/C24H24F5N7O3/c1-10-13(18-6-15(24(27,28)29)19-20(30)31-9-32-36(18)19)5-14(22(33-10)39-2)21(37)34-17-8-35(7-16(17)26)23(38)11-3-12(25)4-11/h5-6,9,11-12,16-17H,3-4,7-8H2,1-2H3,(H,34,37)(H2,30,31,32)/t11?,12?,16-,17+/m0/s1. The third-order valence-electron chi connectivity index (χ3n) is 7.09. The van der Waals surface area contributed by atoms with Gasteiger partial charge >= 0.3 is 6.18 Å². The number of pyridine rings is 1. The quantitative estimate of drug-likeness (QED) is 0.465. The molecule has 39 heavy (non-hydrogen) atoms. The number of aryl methyl sites for hydroxylation is 1. The molecule has 1 saturated heterocycles. The van der Waals surface area contributed by atoms with Crippen LogP contribution in [0.2, 0.25) is 0 Å². The Labute approximate surface area is 218 Å². The van der Waals surface area contributed by atoms with Crippen LogP contribution in [-0.4, -0.2) is 74.9 Å². The number of hydrogen-bond acceptors (Lipinski definition) is 7. The van der Waals surface area contributed by atoms with Gasteiger partial charge < -0.3 is 20.7 Å². The Kier molecular flexibility index (Phi) is 6.55. The molecule has 0 aromatic carbocycles. The van der Waals surface area contributed by atoms with Crippen molar-refractivity contribution in [3.05, 3.63) is 35.3 Å². The number of nitrogens with one attached hydrogen (secondary N) is 1. The van der Waals surface area contributed by atoms with Crippen molar-refractivity contribution < 1.29 is 36.3 Å². The van der Waals surface area contributed by atoms with Gasteiger partial charge in [0, 0.05) is 18.0 Å². The van der Waals surface area contributed by atoms with Gasteiger partial charge in [-0.1, -0.05) is 0 Å². The molecule has 3 aromatic heterocycles. The number of carbonyl (C=O) groups excluding carboxylic acids is 2. The lowest BCUT2D eigenvalue weighted by atomic mass is 9.82. The van der Waals surface area contributed by atoms with Crippen molar-refractivity contribution in [2.75, 3.05) is 25.9 Å². The van der Waals surface area contributed by atoms with Gasteiger partial charge in [-0.3, -0.25) is 9.59 Å². The molecule has 1 aliphatic heterocycles. The first-order valence-electron chi connectivity index (χ1n) is 12.0. The average Bonchev–Trinajstić information content (AvgIpc) is 3.43. The highest BCUT2D eigenvalue weighted by Gasteiger charge is 2.43. The van der Waals surface area contributed by atoms with Gasteiger partial charge in [0.05, 0.1) is 36.6 Å². The second-order valence-electron chi connectivity index (χ2n) is 9.63. The minimum atomic E-state index is -4.77. The van der Waals surface area contributed by atoms with Crippen LogP contribution in [0.3, 0.4) is 0 Å². The Hall–Kier alpha value is -4.04. The minimum Gasteiger partial charge on any atom is -0.480 e. The van der Waals surface area contributed by atoms with E-state index in [9.17, 15) is 31.5 Å². The summed E-state index contributed by atoms with van der Waals surface area (Å²) >= 11 is 0. The highest BCUT2D eigenvalue weighted by molar-refractivity contribution is 5.98. The Balaban J connectivity index is 1.46. The van der Waals surface area contributed by atoms with Gasteiger partial charge in [-0.05, 0) is 31.9 Å². The molecule has 2 amide bonds. The lowest BCUT2D eigenvalue weighted by Crippen LogP contribution is -2.44. The predicted molar refractivity (Wildman–Crippen MR) is 127 cm³/mol. The monoisotopic (exact) mass is 553 g/mol. The maximum absolute atomic E-state index is 14.8. The molecule has 2 atom stereocenters. The van der Waals surface area contributed by atoms with E-state index in [1.165, 1.54) is 25.0 Å². The number of ether oxygens (including phenoxy) is 1. The topological polar surface area (TPSA) is 128 Å². The number of anilines is 1. The van der Waals surface area contributed by atoms with Crippen molar-refractivity contribution in [2.24, 2.45) is 5.92 Å². The summed E-state index contributed by atoms with van der Waals surface area (Å²) in [4.78, 5) is 34.9. The van der Waals surface area contributed by atoms with Gasteiger partial charge in [-0.25, -0.2) is 23.3 Å². The second kappa shape index (κ2) is 9.61. The summed E-state index contributed by atoms with van der Waals surface area (Å²) in [6, 6.07) is 1.05. The number of fused-ring (bicyclic) bond motifs is 1. The molecule has 2 aliphatic rings. The van der Waals surface area contributed by atoms with E-state index >= 15 is 0 Å². The van der Waals surface area contributed by atoms with Crippen LogP contribution in [0.25, 0.3) is 16.8 Å². The van der Waals surface area contributed by atoms with Crippen LogP contribution in [0.1, 0.15) is 34.5 Å². The number of alkyl halides is 5. The number of nitrogens with two attached hydrogens (primary N) is 1. The van der Waals surface area contributed by atoms with Crippen LogP contribution in [-0.2, 0) is 11.0 Å². The number of carbonyl (C=O) groups is 2. The number of hydrogen-bond donors (Lipinski definition) is 2. The number of methoxy groups -OCH3 is 1. The lowest BCUT2D eigenvalue weighted by molar-refractivity contribution is -0.139. The molecule has 5 rings (SSSR count). The van der Waals surface area contributed by atoms with E-state index < -0.39 is 47.5 Å². The van der Waals surface area contributed by atoms with E-state index in [0.29, 0.717) is 0 Å². The van der Waals surface area contributed by atoms with Crippen molar-refractivity contribution in [2.45, 2.75) is 44.3 Å². The Bertz CT molecular complexity index is 1450. The SMILES string of the molecule is COc1nc(C)c(-c2cc(C(F)(F)F)c3c(N)ncnn23)cc1C(=O)N[C@@H]1CN(C(=O)C2CC(F)C2)C[C@@H]1F. The summed E-state index contributed by atoms with van der Waals surface area (Å²) in [5.41, 5.74) is 4.32. The maximum Gasteiger partial charge on any atom is 0.418 e. The minimum absolute atomic E-state index is 0.0548. The van der Waals surface area contributed by atoms with Crippen molar-refractivity contribution >= 4 is 23.1 Å². The summed E-state index contributed by atoms with van der Waals surface area (Å²) in [5, 5.41) is 6.44. The number of aromatic nitrogens is 4. The van der Waals surface area contributed by atoms with Crippen LogP contribution in [0.5, 0.6) is 5.88 Å². The number of likely N-dealkylation sites (tertiary alicyclic amines) is 1. The zero-order valence-corrected chi connectivity index (χ0v) is 20.8. The molecule has 15 heteroatoms. The van der Waals surface area contributed by atoms with Gasteiger partial charge in [0.1, 0.15) is 29.8 Å². The van der Waals surface area contributed by atoms with Gasteiger partial charge in [0.25, 0.3) is 5.91 Å². The molecule has 0 radical (unpaired) electrons. The Morgan fingerprint density at radius 1 is 1.18 bits per heavy atom. The third kappa shape index (κ3) is 4.69. The Morgan fingerprint density at radius 3 is 2.54 bits per heavy atom. The van der Waals surface area contributed by atoms with E-state index in [-0.39, 0.29) is 66.1 Å². The number of rotatable bonds is 5. The first-order valence-corrected chi connectivity index (χ1v) is 12.0. The second-order valence-corrected chi connectivity index (χ2v) is 9.63. The molecule has 10 nitrogen and oxygen atoms in total. The van der Waals surface area contributed by atoms with Crippen molar-refractivity contribution in [1.29, 1.82) is 0 Å². The fourth-order valence-corrected chi connectivity index (χ4v) is 4.97. The molecule has 0 unspecified atom stereocenters. The zero-order valence-electron chi connectivity index (χ0n) is 20.8. The molecular weight excluding hydrogens is 529 g/mol. The highest BCUT2D eigenvalue weighted by atomic mass is 19.4. The highest BCUT2D eigenvalue weighted by Crippen LogP contribution is 2.40. The normalized spacial score (nSPS) is 23.1. The fraction of sp³-hybridized carbons (Fsp3) is 0.458. The largest absolute Gasteiger partial charge is 0.480 e. The molecule has 1 aliphatic carbocycles. The predicted octanol–water partition coefficient (Wildman–Crippen LogP) is 2.74. The van der Waals surface area contributed by atoms with E-state index in [4.69, 9.17) is 10.5 Å². The van der Waals surface area contributed by atoms with Gasteiger partial charge in [0.15, 0.2) is 5.82 Å². The summed E-state index contributed by atoms with van der Waals surface area (Å²) in [6.45, 7) is 1.16. The fourth-order valence-electron chi connectivity index (χ4n) is 4.97.